The van der Waals surface area contributed by atoms with E-state index in [1.165, 1.54) is 23.9 Å². The van der Waals surface area contributed by atoms with Crippen LogP contribution in [0, 0.1) is 0 Å². The van der Waals surface area contributed by atoms with Gasteiger partial charge in [0.15, 0.2) is 16.7 Å². The van der Waals surface area contributed by atoms with Gasteiger partial charge >= 0.3 is 5.97 Å². The molecule has 0 radical (unpaired) electrons. The molecule has 0 bridgehead atoms. The first-order chi connectivity index (χ1) is 17.8. The van der Waals surface area contributed by atoms with Crippen molar-refractivity contribution < 1.29 is 24.2 Å². The van der Waals surface area contributed by atoms with Crippen LogP contribution in [0.2, 0.25) is 5.02 Å². The molecule has 3 aromatic carbocycles. The third-order valence-corrected chi connectivity index (χ3v) is 7.20. The molecule has 1 heterocycles. The average molecular weight is 602 g/mol. The van der Waals surface area contributed by atoms with Crippen LogP contribution in [0.4, 0.5) is 5.69 Å². The molecule has 1 saturated heterocycles. The first-order valence-electron chi connectivity index (χ1n) is 11.2. The normalized spacial score (nSPS) is 15.5. The summed E-state index contributed by atoms with van der Waals surface area (Å²) in [6.45, 7) is 2.62. The molecule has 0 saturated carbocycles. The molecule has 1 N–H and O–H groups in total. The first-order valence-corrected chi connectivity index (χ1v) is 13.2. The molecule has 1 amide bonds. The second-order valence-corrected chi connectivity index (χ2v) is 10.2. The number of methoxy groups -OCH3 is 1. The van der Waals surface area contributed by atoms with Crippen LogP contribution < -0.4 is 9.47 Å². The number of aromatic carboxylic acids is 1. The van der Waals surface area contributed by atoms with E-state index in [1.54, 1.807) is 42.4 Å². The van der Waals surface area contributed by atoms with Crippen molar-refractivity contribution >= 4 is 68.1 Å². The van der Waals surface area contributed by atoms with Crippen molar-refractivity contribution in [2.45, 2.75) is 13.5 Å². The van der Waals surface area contributed by atoms with Crippen LogP contribution in [0.5, 0.6) is 11.5 Å². The summed E-state index contributed by atoms with van der Waals surface area (Å²) in [5, 5.41) is 10.2. The molecule has 10 heteroatoms. The monoisotopic (exact) mass is 600 g/mol. The van der Waals surface area contributed by atoms with Gasteiger partial charge < -0.3 is 14.6 Å². The second kappa shape index (κ2) is 11.9. The van der Waals surface area contributed by atoms with Crippen molar-refractivity contribution in [1.29, 1.82) is 0 Å². The number of thioether (sulfide) groups is 1. The molecule has 1 fully saturated rings. The van der Waals surface area contributed by atoms with Gasteiger partial charge in [0.1, 0.15) is 6.61 Å². The standard InChI is InChI=1S/C27H22BrClN2O5S/c1-3-31-25(32)23(37-27(31)30-20-9-7-18(8-10-20)26(33)34)14-17-12-21(28)24(22(13-17)35-2)36-15-16-5-4-6-19(29)11-16/h4-14H,3,15H2,1-2H3,(H,33,34). The number of carboxylic acids is 1. The number of aliphatic imine (C=N–C) groups is 1. The number of hydrogen-bond acceptors (Lipinski definition) is 6. The topological polar surface area (TPSA) is 88.4 Å². The van der Waals surface area contributed by atoms with Crippen LogP contribution in [0.3, 0.4) is 0 Å². The predicted octanol–water partition coefficient (Wildman–Crippen LogP) is 7.01. The summed E-state index contributed by atoms with van der Waals surface area (Å²) >= 11 is 10.9. The number of amides is 1. The molecular formula is C27H22BrClN2O5S. The minimum atomic E-state index is -1.01. The molecule has 3 aromatic rings. The minimum absolute atomic E-state index is 0.162. The Hall–Kier alpha value is -3.27. The Bertz CT molecular complexity index is 1410. The molecule has 1 aliphatic heterocycles. The lowest BCUT2D eigenvalue weighted by atomic mass is 10.1. The number of amidine groups is 1. The van der Waals surface area contributed by atoms with E-state index >= 15 is 0 Å². The van der Waals surface area contributed by atoms with Crippen molar-refractivity contribution in [2.24, 2.45) is 4.99 Å². The summed E-state index contributed by atoms with van der Waals surface area (Å²) in [4.78, 5) is 30.8. The van der Waals surface area contributed by atoms with E-state index in [9.17, 15) is 9.59 Å². The second-order valence-electron chi connectivity index (χ2n) is 7.86. The zero-order valence-corrected chi connectivity index (χ0v) is 23.1. The maximum absolute atomic E-state index is 13.1. The van der Waals surface area contributed by atoms with Gasteiger partial charge in [-0.1, -0.05) is 23.7 Å². The summed E-state index contributed by atoms with van der Waals surface area (Å²) in [6.07, 6.45) is 1.78. The van der Waals surface area contributed by atoms with Crippen LogP contribution in [0.1, 0.15) is 28.4 Å². The van der Waals surface area contributed by atoms with Gasteiger partial charge in [0, 0.05) is 11.6 Å². The molecule has 0 spiro atoms. The van der Waals surface area contributed by atoms with Gasteiger partial charge in [-0.15, -0.1) is 0 Å². The van der Waals surface area contributed by atoms with Gasteiger partial charge in [-0.2, -0.15) is 0 Å². The number of halogens is 2. The number of carbonyl (C=O) groups is 2. The Balaban J connectivity index is 1.58. The van der Waals surface area contributed by atoms with Gasteiger partial charge in [-0.25, -0.2) is 9.79 Å². The van der Waals surface area contributed by atoms with Crippen molar-refractivity contribution in [3.63, 3.8) is 0 Å². The number of carboxylic acid groups (broad SMARTS) is 1. The van der Waals surface area contributed by atoms with Crippen LogP contribution in [0.25, 0.3) is 6.08 Å². The minimum Gasteiger partial charge on any atom is -0.493 e. The highest BCUT2D eigenvalue weighted by atomic mass is 79.9. The Morgan fingerprint density at radius 3 is 2.59 bits per heavy atom. The number of likely N-dealkylation sites (N-methyl/N-ethyl adjacent to an activating group) is 1. The number of nitrogens with zero attached hydrogens (tertiary/aromatic N) is 2. The van der Waals surface area contributed by atoms with Gasteiger partial charge in [-0.05, 0) is 100 Å². The van der Waals surface area contributed by atoms with Crippen molar-refractivity contribution in [3.8, 4) is 11.5 Å². The van der Waals surface area contributed by atoms with E-state index in [2.05, 4.69) is 20.9 Å². The number of rotatable bonds is 8. The molecule has 4 rings (SSSR count). The number of ether oxygens (including phenoxy) is 2. The summed E-state index contributed by atoms with van der Waals surface area (Å²) in [7, 11) is 1.56. The fraction of sp³-hybridized carbons (Fsp3) is 0.148. The van der Waals surface area contributed by atoms with Crippen molar-refractivity contribution in [1.82, 2.24) is 4.90 Å². The molecule has 0 aromatic heterocycles. The van der Waals surface area contributed by atoms with E-state index in [1.807, 2.05) is 31.2 Å². The first kappa shape index (κ1) is 26.8. The van der Waals surface area contributed by atoms with Crippen LogP contribution in [-0.4, -0.2) is 40.7 Å². The van der Waals surface area contributed by atoms with Gasteiger partial charge in [-0.3, -0.25) is 9.69 Å². The van der Waals surface area contributed by atoms with Gasteiger partial charge in [0.2, 0.25) is 0 Å². The molecular weight excluding hydrogens is 580 g/mol. The van der Waals surface area contributed by atoms with Crippen LogP contribution in [-0.2, 0) is 11.4 Å². The molecule has 1 aliphatic rings. The Morgan fingerprint density at radius 2 is 1.95 bits per heavy atom. The smallest absolute Gasteiger partial charge is 0.335 e. The largest absolute Gasteiger partial charge is 0.493 e. The van der Waals surface area contributed by atoms with Crippen molar-refractivity contribution in [3.05, 3.63) is 91.8 Å². The fourth-order valence-corrected chi connectivity index (χ4v) is 5.41. The number of carbonyl (C=O) groups excluding carboxylic acids is 1. The third-order valence-electron chi connectivity index (χ3n) is 5.37. The maximum atomic E-state index is 13.1. The predicted molar refractivity (Wildman–Crippen MR) is 150 cm³/mol. The average Bonchev–Trinajstić information content (AvgIpc) is 3.16. The lowest BCUT2D eigenvalue weighted by Gasteiger charge is -2.14. The van der Waals surface area contributed by atoms with Gasteiger partial charge in [0.05, 0.1) is 27.7 Å². The summed E-state index contributed by atoms with van der Waals surface area (Å²) in [5.74, 6) is -0.118. The molecule has 0 aliphatic carbocycles. The van der Waals surface area contributed by atoms with Gasteiger partial charge in [0.25, 0.3) is 5.91 Å². The summed E-state index contributed by atoms with van der Waals surface area (Å²) < 4.78 is 12.2. The van der Waals surface area contributed by atoms with E-state index in [-0.39, 0.29) is 11.5 Å². The van der Waals surface area contributed by atoms with E-state index in [0.29, 0.717) is 49.9 Å². The molecule has 37 heavy (non-hydrogen) atoms. The number of hydrogen-bond donors (Lipinski definition) is 1. The zero-order chi connectivity index (χ0) is 26.5. The molecule has 0 atom stereocenters. The Morgan fingerprint density at radius 1 is 1.19 bits per heavy atom. The van der Waals surface area contributed by atoms with E-state index < -0.39 is 5.97 Å². The molecule has 190 valence electrons. The van der Waals surface area contributed by atoms with E-state index in [0.717, 1.165) is 11.1 Å². The maximum Gasteiger partial charge on any atom is 0.335 e. The van der Waals surface area contributed by atoms with Crippen molar-refractivity contribution in [2.75, 3.05) is 13.7 Å². The SMILES string of the molecule is CCN1C(=O)C(=Cc2cc(Br)c(OCc3cccc(Cl)c3)c(OC)c2)SC1=Nc1ccc(C(=O)O)cc1. The fourth-order valence-electron chi connectivity index (χ4n) is 3.56. The molecule has 0 unspecified atom stereocenters. The Kier molecular flexibility index (Phi) is 8.58. The van der Waals surface area contributed by atoms with Crippen LogP contribution in [0.15, 0.2) is 75.0 Å². The zero-order valence-electron chi connectivity index (χ0n) is 19.9. The lowest BCUT2D eigenvalue weighted by Crippen LogP contribution is -2.28. The summed E-state index contributed by atoms with van der Waals surface area (Å²) in [6, 6.07) is 17.3. The Labute approximate surface area is 231 Å². The van der Waals surface area contributed by atoms with Crippen LogP contribution >= 0.6 is 39.3 Å². The highest BCUT2D eigenvalue weighted by Gasteiger charge is 2.32. The third kappa shape index (κ3) is 6.36. The quantitative estimate of drug-likeness (QED) is 0.279. The number of benzene rings is 3. The highest BCUT2D eigenvalue weighted by Crippen LogP contribution is 2.40. The van der Waals surface area contributed by atoms with E-state index in [4.69, 9.17) is 26.2 Å². The summed E-state index contributed by atoms with van der Waals surface area (Å²) in [5.41, 5.74) is 2.40. The molecule has 7 nitrogen and oxygen atoms in total. The lowest BCUT2D eigenvalue weighted by molar-refractivity contribution is -0.122. The highest BCUT2D eigenvalue weighted by molar-refractivity contribution is 9.10.